The van der Waals surface area contributed by atoms with E-state index in [1.54, 1.807) is 11.8 Å². The molecule has 0 aromatic rings. The molecule has 1 rings (SSSR count). The summed E-state index contributed by atoms with van der Waals surface area (Å²) in [6.45, 7) is 0.924. The molecule has 0 unspecified atom stereocenters. The highest BCUT2D eigenvalue weighted by atomic mass is 32.2. The summed E-state index contributed by atoms with van der Waals surface area (Å²) in [5.41, 5.74) is 0. The molecule has 0 spiro atoms. The van der Waals surface area contributed by atoms with Gasteiger partial charge in [0.1, 0.15) is 0 Å². The van der Waals surface area contributed by atoms with Gasteiger partial charge in [-0.25, -0.2) is 0 Å². The first-order valence-electron chi connectivity index (χ1n) is 2.01. The molecular formula is C4H7OS. The second-order valence-electron chi connectivity index (χ2n) is 1.15. The summed E-state index contributed by atoms with van der Waals surface area (Å²) < 4.78 is 5.00. The molecule has 0 saturated carbocycles. The first-order valence-corrected chi connectivity index (χ1v) is 3.06. The summed E-state index contributed by atoms with van der Waals surface area (Å²) in [6, 6.07) is 0. The lowest BCUT2D eigenvalue weighted by atomic mass is 10.5. The zero-order valence-corrected chi connectivity index (χ0v) is 4.33. The molecule has 0 atom stereocenters. The maximum Gasteiger partial charge on any atom is 0.0924 e. The molecule has 6 heavy (non-hydrogen) atoms. The molecule has 35 valence electrons. The highest BCUT2D eigenvalue weighted by Crippen LogP contribution is 2.13. The molecule has 1 radical (unpaired) electrons. The smallest absolute Gasteiger partial charge is 0.0924 e. The van der Waals surface area contributed by atoms with Crippen molar-refractivity contribution in [2.24, 2.45) is 0 Å². The minimum Gasteiger partial charge on any atom is -0.371 e. The number of ether oxygens (including phenoxy) is 1. The molecule has 1 aliphatic heterocycles. The fourth-order valence-electron chi connectivity index (χ4n) is 0.370. The summed E-state index contributed by atoms with van der Waals surface area (Å²) in [7, 11) is 0. The highest BCUT2D eigenvalue weighted by Gasteiger charge is 1.95. The largest absolute Gasteiger partial charge is 0.371 e. The highest BCUT2D eigenvalue weighted by molar-refractivity contribution is 8.01. The van der Waals surface area contributed by atoms with E-state index in [4.69, 9.17) is 4.74 Å². The van der Waals surface area contributed by atoms with Crippen LogP contribution in [0.25, 0.3) is 0 Å². The number of hydrogen-bond donors (Lipinski definition) is 0. The van der Waals surface area contributed by atoms with Gasteiger partial charge in [-0.05, 0) is 6.42 Å². The summed E-state index contributed by atoms with van der Waals surface area (Å²) in [4.78, 5) is 0. The van der Waals surface area contributed by atoms with Gasteiger partial charge in [0.25, 0.3) is 0 Å². The second kappa shape index (κ2) is 2.48. The molecule has 0 bridgehead atoms. The summed E-state index contributed by atoms with van der Waals surface area (Å²) in [5.74, 6) is 3.05. The van der Waals surface area contributed by atoms with Crippen LogP contribution in [-0.4, -0.2) is 12.5 Å². The molecule has 0 N–H and O–H groups in total. The van der Waals surface area contributed by atoms with Crippen molar-refractivity contribution in [3.8, 4) is 0 Å². The van der Waals surface area contributed by atoms with E-state index < -0.39 is 0 Å². The van der Waals surface area contributed by atoms with Crippen LogP contribution in [0.2, 0.25) is 0 Å². The maximum atomic E-state index is 5.00. The topological polar surface area (TPSA) is 9.23 Å². The predicted molar refractivity (Wildman–Crippen MR) is 27.3 cm³/mol. The van der Waals surface area contributed by atoms with Crippen LogP contribution in [0.3, 0.4) is 0 Å². The first kappa shape index (κ1) is 4.47. The Bertz CT molecular complexity index is 23.0. The zero-order valence-electron chi connectivity index (χ0n) is 3.52. The quantitative estimate of drug-likeness (QED) is 0.456. The van der Waals surface area contributed by atoms with Crippen molar-refractivity contribution >= 4 is 11.8 Å². The molecule has 1 heterocycles. The molecule has 0 aromatic heterocycles. The van der Waals surface area contributed by atoms with E-state index in [0.29, 0.717) is 0 Å². The molecule has 2 heteroatoms. The van der Waals surface area contributed by atoms with Gasteiger partial charge in [-0.15, -0.1) is 11.8 Å². The van der Waals surface area contributed by atoms with Crippen molar-refractivity contribution in [3.63, 3.8) is 0 Å². The molecule has 0 aliphatic carbocycles. The van der Waals surface area contributed by atoms with Crippen LogP contribution in [-0.2, 0) is 4.74 Å². The van der Waals surface area contributed by atoms with E-state index in [-0.39, 0.29) is 0 Å². The van der Waals surface area contributed by atoms with Crippen LogP contribution >= 0.6 is 11.8 Å². The molecular weight excluding hydrogens is 96.1 g/mol. The van der Waals surface area contributed by atoms with Crippen molar-refractivity contribution < 1.29 is 4.74 Å². The third-order valence-corrected chi connectivity index (χ3v) is 1.42. The lowest BCUT2D eigenvalue weighted by Gasteiger charge is -2.07. The van der Waals surface area contributed by atoms with Gasteiger partial charge in [0.2, 0.25) is 0 Å². The van der Waals surface area contributed by atoms with E-state index in [9.17, 15) is 0 Å². The van der Waals surface area contributed by atoms with Crippen molar-refractivity contribution in [1.82, 2.24) is 0 Å². The second-order valence-corrected chi connectivity index (χ2v) is 2.05. The Kier molecular flexibility index (Phi) is 1.85. The van der Waals surface area contributed by atoms with Crippen molar-refractivity contribution in [2.45, 2.75) is 6.42 Å². The lowest BCUT2D eigenvalue weighted by molar-refractivity contribution is 0.181. The molecule has 1 fully saturated rings. The van der Waals surface area contributed by atoms with Crippen LogP contribution in [0.5, 0.6) is 0 Å². The summed E-state index contributed by atoms with van der Waals surface area (Å²) in [5, 5.41) is 0. The number of thioether (sulfide) groups is 1. The fraction of sp³-hybridized carbons (Fsp3) is 0.750. The van der Waals surface area contributed by atoms with Gasteiger partial charge in [-0.2, -0.15) is 0 Å². The number of rotatable bonds is 0. The summed E-state index contributed by atoms with van der Waals surface area (Å²) in [6.07, 6.45) is 1.12. The van der Waals surface area contributed by atoms with E-state index >= 15 is 0 Å². The average molecular weight is 103 g/mol. The van der Waals surface area contributed by atoms with Gasteiger partial charge >= 0.3 is 0 Å². The van der Waals surface area contributed by atoms with Crippen molar-refractivity contribution in [2.75, 3.05) is 12.5 Å². The Hall–Kier alpha value is 0.310. The fourth-order valence-corrected chi connectivity index (χ4v) is 0.943. The van der Waals surface area contributed by atoms with Crippen LogP contribution in [0.4, 0.5) is 0 Å². The van der Waals surface area contributed by atoms with E-state index in [1.165, 1.54) is 0 Å². The van der Waals surface area contributed by atoms with Crippen LogP contribution < -0.4 is 0 Å². The molecule has 0 aromatic carbocycles. The Morgan fingerprint density at radius 3 is 2.83 bits per heavy atom. The molecule has 1 nitrogen and oxygen atoms in total. The average Bonchev–Trinajstić information content (AvgIpc) is 1.72. The first-order chi connectivity index (χ1) is 3.00. The predicted octanol–water partition coefficient (Wildman–Crippen LogP) is 1.26. The van der Waals surface area contributed by atoms with Gasteiger partial charge < -0.3 is 4.74 Å². The van der Waals surface area contributed by atoms with E-state index in [0.717, 1.165) is 19.0 Å². The lowest BCUT2D eigenvalue weighted by Crippen LogP contribution is -1.98. The Morgan fingerprint density at radius 2 is 2.67 bits per heavy atom. The van der Waals surface area contributed by atoms with Crippen LogP contribution in [0, 0.1) is 5.75 Å². The Balaban J connectivity index is 2.00. The van der Waals surface area contributed by atoms with E-state index in [1.807, 2.05) is 0 Å². The van der Waals surface area contributed by atoms with E-state index in [2.05, 4.69) is 5.75 Å². The SMILES string of the molecule is [CH]1CCOCS1. The molecule has 0 amide bonds. The standard InChI is InChI=1S/C4H7OS/c1-2-5-4-6-3-1/h3H,1-2,4H2. The third kappa shape index (κ3) is 1.19. The minimum atomic E-state index is 0.861. The maximum absolute atomic E-state index is 5.00. The van der Waals surface area contributed by atoms with Gasteiger partial charge in [0, 0.05) is 12.4 Å². The minimum absolute atomic E-state index is 0.861. The van der Waals surface area contributed by atoms with Crippen LogP contribution in [0.1, 0.15) is 6.42 Å². The monoisotopic (exact) mass is 103 g/mol. The van der Waals surface area contributed by atoms with Gasteiger partial charge in [-0.3, -0.25) is 0 Å². The normalized spacial score (nSPS) is 24.0. The van der Waals surface area contributed by atoms with Gasteiger partial charge in [0.15, 0.2) is 0 Å². The van der Waals surface area contributed by atoms with Gasteiger partial charge in [0.05, 0.1) is 5.94 Å². The Labute approximate surface area is 42.1 Å². The van der Waals surface area contributed by atoms with Gasteiger partial charge in [-0.1, -0.05) is 0 Å². The molecule has 1 saturated heterocycles. The summed E-state index contributed by atoms with van der Waals surface area (Å²) >= 11 is 1.75. The van der Waals surface area contributed by atoms with Crippen LogP contribution in [0.15, 0.2) is 0 Å². The zero-order chi connectivity index (χ0) is 4.24. The molecule has 1 aliphatic rings. The number of hydrogen-bond acceptors (Lipinski definition) is 2. The van der Waals surface area contributed by atoms with Crippen molar-refractivity contribution in [3.05, 3.63) is 5.75 Å². The Morgan fingerprint density at radius 1 is 1.67 bits per heavy atom. The third-order valence-electron chi connectivity index (χ3n) is 0.649. The van der Waals surface area contributed by atoms with Crippen molar-refractivity contribution in [1.29, 1.82) is 0 Å².